The molecule has 0 aromatic heterocycles. The Kier molecular flexibility index (Phi) is 5.46. The highest BCUT2D eigenvalue weighted by Crippen LogP contribution is 2.66. The maximum Gasteiger partial charge on any atom is 0.219 e. The summed E-state index contributed by atoms with van der Waals surface area (Å²) in [5, 5.41) is 0. The predicted molar refractivity (Wildman–Crippen MR) is 121 cm³/mol. The number of hydrogen-bond donors (Lipinski definition) is 0. The number of nitrogens with zero attached hydrogens (tertiary/aromatic N) is 2. The number of fused-ring (bicyclic) bond motifs is 5. The maximum absolute atomic E-state index is 12.0. The van der Waals surface area contributed by atoms with E-state index in [1.807, 2.05) is 11.9 Å². The lowest BCUT2D eigenvalue weighted by molar-refractivity contribution is -0.132. The van der Waals surface area contributed by atoms with E-state index >= 15 is 0 Å². The van der Waals surface area contributed by atoms with Gasteiger partial charge in [0.05, 0.1) is 0 Å². The van der Waals surface area contributed by atoms with Crippen molar-refractivity contribution in [2.24, 2.45) is 34.5 Å². The summed E-state index contributed by atoms with van der Waals surface area (Å²) in [6.45, 7) is 9.22. The number of rotatable bonds is 3. The summed E-state index contributed by atoms with van der Waals surface area (Å²) in [6.07, 6.45) is 13.4. The van der Waals surface area contributed by atoms with Crippen LogP contribution in [0.15, 0.2) is 11.6 Å². The first kappa shape index (κ1) is 21.4. The van der Waals surface area contributed by atoms with Crippen LogP contribution < -0.4 is 0 Å². The van der Waals surface area contributed by atoms with E-state index in [0.717, 1.165) is 23.8 Å². The topological polar surface area (TPSA) is 23.6 Å². The predicted octanol–water partition coefficient (Wildman–Crippen LogP) is 5.36. The van der Waals surface area contributed by atoms with E-state index < -0.39 is 0 Å². The van der Waals surface area contributed by atoms with Gasteiger partial charge >= 0.3 is 0 Å². The highest BCUT2D eigenvalue weighted by molar-refractivity contribution is 5.73. The molecule has 4 aliphatic carbocycles. The molecule has 4 rings (SSSR count). The van der Waals surface area contributed by atoms with Gasteiger partial charge in [-0.15, -0.1) is 0 Å². The third-order valence-corrected chi connectivity index (χ3v) is 10.6. The smallest absolute Gasteiger partial charge is 0.219 e. The van der Waals surface area contributed by atoms with Crippen LogP contribution in [0, 0.1) is 34.5 Å². The standard InChI is InChI=1S/C26H44N2O/c1-17(28(7)18(2)29)22-10-11-23-21-9-8-19-16-20(27(5)6)12-14-25(19,3)24(21)13-15-26(22,23)4/h8,17,20-24H,9-16H2,1-7H3/t17-,20+,21+,22-,23+,24+,25+,26-/m1/s1. The van der Waals surface area contributed by atoms with Crippen molar-refractivity contribution in [3.8, 4) is 0 Å². The molecule has 0 unspecified atom stereocenters. The van der Waals surface area contributed by atoms with E-state index in [2.05, 4.69) is 45.8 Å². The minimum absolute atomic E-state index is 0.216. The van der Waals surface area contributed by atoms with Crippen LogP contribution in [0.25, 0.3) is 0 Å². The molecule has 3 saturated carbocycles. The van der Waals surface area contributed by atoms with E-state index in [1.165, 1.54) is 51.4 Å². The Hall–Kier alpha value is -0.830. The molecule has 0 aliphatic heterocycles. The van der Waals surface area contributed by atoms with E-state index in [1.54, 1.807) is 12.5 Å². The Labute approximate surface area is 179 Å². The summed E-state index contributed by atoms with van der Waals surface area (Å²) in [6, 6.07) is 1.10. The molecule has 1 amide bonds. The average Bonchev–Trinajstić information content (AvgIpc) is 3.03. The summed E-state index contributed by atoms with van der Waals surface area (Å²) >= 11 is 0. The van der Waals surface area contributed by atoms with E-state index in [9.17, 15) is 4.79 Å². The second-order valence-corrected chi connectivity index (χ2v) is 11.7. The third-order valence-electron chi connectivity index (χ3n) is 10.6. The van der Waals surface area contributed by atoms with Gasteiger partial charge in [0.2, 0.25) is 5.91 Å². The van der Waals surface area contributed by atoms with E-state index in [4.69, 9.17) is 0 Å². The van der Waals surface area contributed by atoms with Crippen molar-refractivity contribution in [3.05, 3.63) is 11.6 Å². The Morgan fingerprint density at radius 1 is 1.07 bits per heavy atom. The quantitative estimate of drug-likeness (QED) is 0.595. The Morgan fingerprint density at radius 2 is 1.79 bits per heavy atom. The van der Waals surface area contributed by atoms with Crippen LogP contribution in [0.3, 0.4) is 0 Å². The fourth-order valence-corrected chi connectivity index (χ4v) is 8.47. The molecule has 4 aliphatic rings. The van der Waals surface area contributed by atoms with Gasteiger partial charge in [-0.2, -0.15) is 0 Å². The van der Waals surface area contributed by atoms with Crippen molar-refractivity contribution in [1.29, 1.82) is 0 Å². The second kappa shape index (κ2) is 7.39. The van der Waals surface area contributed by atoms with E-state index in [-0.39, 0.29) is 5.91 Å². The molecule has 0 spiro atoms. The molecule has 3 nitrogen and oxygen atoms in total. The largest absolute Gasteiger partial charge is 0.343 e. The first-order chi connectivity index (χ1) is 13.6. The lowest BCUT2D eigenvalue weighted by atomic mass is 9.47. The van der Waals surface area contributed by atoms with Gasteiger partial charge in [0, 0.05) is 26.1 Å². The lowest BCUT2D eigenvalue weighted by Gasteiger charge is -2.59. The normalized spacial score (nSPS) is 45.1. The van der Waals surface area contributed by atoms with Crippen molar-refractivity contribution in [2.75, 3.05) is 21.1 Å². The minimum Gasteiger partial charge on any atom is -0.343 e. The zero-order valence-corrected chi connectivity index (χ0v) is 20.0. The number of carbonyl (C=O) groups excluding carboxylic acids is 1. The summed E-state index contributed by atoms with van der Waals surface area (Å²) < 4.78 is 0. The van der Waals surface area contributed by atoms with Gasteiger partial charge in [0.1, 0.15) is 0 Å². The molecule has 3 fully saturated rings. The van der Waals surface area contributed by atoms with Crippen LogP contribution in [-0.2, 0) is 4.79 Å². The molecule has 0 aromatic rings. The Bertz CT molecular complexity index is 684. The van der Waals surface area contributed by atoms with Crippen molar-refractivity contribution in [3.63, 3.8) is 0 Å². The molecular formula is C26H44N2O. The Morgan fingerprint density at radius 3 is 2.45 bits per heavy atom. The summed E-state index contributed by atoms with van der Waals surface area (Å²) in [5.74, 6) is 3.45. The number of amides is 1. The van der Waals surface area contributed by atoms with Gasteiger partial charge in [-0.25, -0.2) is 0 Å². The number of carbonyl (C=O) groups is 1. The lowest BCUT2D eigenvalue weighted by Crippen LogP contribution is -2.53. The van der Waals surface area contributed by atoms with Crippen LogP contribution >= 0.6 is 0 Å². The van der Waals surface area contributed by atoms with Crippen LogP contribution in [0.4, 0.5) is 0 Å². The van der Waals surface area contributed by atoms with Gasteiger partial charge in [0.15, 0.2) is 0 Å². The number of hydrogen-bond acceptors (Lipinski definition) is 2. The maximum atomic E-state index is 12.0. The molecule has 0 aromatic carbocycles. The van der Waals surface area contributed by atoms with Crippen molar-refractivity contribution < 1.29 is 4.79 Å². The monoisotopic (exact) mass is 400 g/mol. The SMILES string of the molecule is CC(=O)N(C)[C@H](C)[C@H]1CC[C@H]2[C@@H]3CC=C4C[C@@H](N(C)C)CC[C@]4(C)[C@H]3CC[C@]12C. The van der Waals surface area contributed by atoms with E-state index in [0.29, 0.717) is 22.8 Å². The van der Waals surface area contributed by atoms with Crippen molar-refractivity contribution in [2.45, 2.75) is 91.1 Å². The molecule has 164 valence electrons. The molecule has 0 radical (unpaired) electrons. The third kappa shape index (κ3) is 3.22. The molecule has 3 heteroatoms. The van der Waals surface area contributed by atoms with Gasteiger partial charge in [-0.05, 0) is 107 Å². The zero-order chi connectivity index (χ0) is 21.1. The highest BCUT2D eigenvalue weighted by Gasteiger charge is 2.59. The Balaban J connectivity index is 1.57. The minimum atomic E-state index is 0.216. The highest BCUT2D eigenvalue weighted by atomic mass is 16.2. The van der Waals surface area contributed by atoms with Crippen LogP contribution in [0.1, 0.15) is 79.1 Å². The molecule has 0 N–H and O–H groups in total. The molecule has 0 heterocycles. The molecular weight excluding hydrogens is 356 g/mol. The summed E-state index contributed by atoms with van der Waals surface area (Å²) in [7, 11) is 6.52. The van der Waals surface area contributed by atoms with Gasteiger partial charge in [0.25, 0.3) is 0 Å². The first-order valence-corrected chi connectivity index (χ1v) is 12.2. The van der Waals surface area contributed by atoms with Crippen LogP contribution in [-0.4, -0.2) is 48.9 Å². The number of allylic oxidation sites excluding steroid dienone is 1. The first-order valence-electron chi connectivity index (χ1n) is 12.2. The molecule has 0 saturated heterocycles. The van der Waals surface area contributed by atoms with Gasteiger partial charge in [-0.3, -0.25) is 4.79 Å². The summed E-state index contributed by atoms with van der Waals surface area (Å²) in [4.78, 5) is 16.5. The van der Waals surface area contributed by atoms with Gasteiger partial charge in [-0.1, -0.05) is 25.5 Å². The molecule has 8 atom stereocenters. The molecule has 0 bridgehead atoms. The molecule has 29 heavy (non-hydrogen) atoms. The second-order valence-electron chi connectivity index (χ2n) is 11.7. The van der Waals surface area contributed by atoms with Crippen molar-refractivity contribution >= 4 is 5.91 Å². The van der Waals surface area contributed by atoms with Crippen molar-refractivity contribution in [1.82, 2.24) is 9.80 Å². The zero-order valence-electron chi connectivity index (χ0n) is 20.0. The summed E-state index contributed by atoms with van der Waals surface area (Å²) in [5.41, 5.74) is 2.63. The van der Waals surface area contributed by atoms with Crippen LogP contribution in [0.2, 0.25) is 0 Å². The fourth-order valence-electron chi connectivity index (χ4n) is 8.47. The average molecular weight is 401 g/mol. The fraction of sp³-hybridized carbons (Fsp3) is 0.885. The van der Waals surface area contributed by atoms with Crippen LogP contribution in [0.5, 0.6) is 0 Å². The van der Waals surface area contributed by atoms with Gasteiger partial charge < -0.3 is 9.80 Å².